The average molecular weight is 174 g/mol. The van der Waals surface area contributed by atoms with Gasteiger partial charge in [0.1, 0.15) is 0 Å². The van der Waals surface area contributed by atoms with Crippen molar-refractivity contribution >= 4 is 0 Å². The standard InChI is InChI=1S/C9H10N4/c10-6-9-7-11-12-13(9)8-4-2-1-3-5-8/h1-5,7H,6,10H2. The highest BCUT2D eigenvalue weighted by Gasteiger charge is 2.02. The number of para-hydroxylation sites is 1. The summed E-state index contributed by atoms with van der Waals surface area (Å²) in [6.45, 7) is 0.446. The molecule has 0 aliphatic heterocycles. The first-order valence-corrected chi connectivity index (χ1v) is 4.07. The van der Waals surface area contributed by atoms with Crippen molar-refractivity contribution in [2.45, 2.75) is 6.54 Å². The Labute approximate surface area is 76.0 Å². The maximum absolute atomic E-state index is 5.53. The van der Waals surface area contributed by atoms with Crippen LogP contribution in [0.1, 0.15) is 5.69 Å². The average Bonchev–Trinajstić information content (AvgIpc) is 2.67. The van der Waals surface area contributed by atoms with E-state index in [4.69, 9.17) is 5.73 Å². The van der Waals surface area contributed by atoms with E-state index in [9.17, 15) is 0 Å². The molecular formula is C9H10N4. The summed E-state index contributed by atoms with van der Waals surface area (Å²) < 4.78 is 1.74. The summed E-state index contributed by atoms with van der Waals surface area (Å²) in [5, 5.41) is 7.75. The van der Waals surface area contributed by atoms with E-state index >= 15 is 0 Å². The molecule has 2 aromatic rings. The summed E-state index contributed by atoms with van der Waals surface area (Å²) in [6.07, 6.45) is 1.67. The van der Waals surface area contributed by atoms with E-state index in [0.717, 1.165) is 11.4 Å². The lowest BCUT2D eigenvalue weighted by Gasteiger charge is -2.02. The van der Waals surface area contributed by atoms with Crippen molar-refractivity contribution in [2.24, 2.45) is 5.73 Å². The monoisotopic (exact) mass is 174 g/mol. The van der Waals surface area contributed by atoms with Crippen molar-refractivity contribution in [3.05, 3.63) is 42.2 Å². The van der Waals surface area contributed by atoms with Crippen LogP contribution in [-0.4, -0.2) is 15.0 Å². The second kappa shape index (κ2) is 3.37. The van der Waals surface area contributed by atoms with Gasteiger partial charge in [0.25, 0.3) is 0 Å². The molecule has 0 aliphatic carbocycles. The van der Waals surface area contributed by atoms with Crippen LogP contribution in [0.3, 0.4) is 0 Å². The van der Waals surface area contributed by atoms with Gasteiger partial charge >= 0.3 is 0 Å². The van der Waals surface area contributed by atoms with Crippen molar-refractivity contribution in [1.82, 2.24) is 15.0 Å². The fourth-order valence-electron chi connectivity index (χ4n) is 1.18. The molecule has 2 rings (SSSR count). The lowest BCUT2D eigenvalue weighted by atomic mass is 10.3. The van der Waals surface area contributed by atoms with Gasteiger partial charge in [0, 0.05) is 6.54 Å². The van der Waals surface area contributed by atoms with E-state index in [-0.39, 0.29) is 0 Å². The first kappa shape index (κ1) is 7.94. The number of aromatic nitrogens is 3. The number of hydrogen-bond donors (Lipinski definition) is 1. The molecule has 1 aromatic carbocycles. The third kappa shape index (κ3) is 1.43. The van der Waals surface area contributed by atoms with Gasteiger partial charge in [0.2, 0.25) is 0 Å². The van der Waals surface area contributed by atoms with E-state index in [1.54, 1.807) is 10.9 Å². The fraction of sp³-hybridized carbons (Fsp3) is 0.111. The highest BCUT2D eigenvalue weighted by Crippen LogP contribution is 2.07. The maximum atomic E-state index is 5.53. The van der Waals surface area contributed by atoms with Crippen LogP contribution in [0.25, 0.3) is 5.69 Å². The quantitative estimate of drug-likeness (QED) is 0.730. The van der Waals surface area contributed by atoms with Crippen LogP contribution in [0.4, 0.5) is 0 Å². The molecule has 0 saturated carbocycles. The molecule has 4 heteroatoms. The number of hydrogen-bond acceptors (Lipinski definition) is 3. The summed E-state index contributed by atoms with van der Waals surface area (Å²) in [4.78, 5) is 0. The molecule has 0 aliphatic rings. The van der Waals surface area contributed by atoms with Crippen molar-refractivity contribution in [3.63, 3.8) is 0 Å². The zero-order chi connectivity index (χ0) is 9.10. The second-order valence-electron chi connectivity index (χ2n) is 2.68. The molecule has 0 fully saturated rings. The lowest BCUT2D eigenvalue weighted by Crippen LogP contribution is -2.06. The minimum atomic E-state index is 0.446. The smallest absolute Gasteiger partial charge is 0.0781 e. The van der Waals surface area contributed by atoms with Crippen LogP contribution in [-0.2, 0) is 6.54 Å². The number of nitrogens with zero attached hydrogens (tertiary/aromatic N) is 3. The Bertz CT molecular complexity index is 380. The minimum absolute atomic E-state index is 0.446. The van der Waals surface area contributed by atoms with Gasteiger partial charge in [-0.1, -0.05) is 23.4 Å². The molecule has 0 bridgehead atoms. The van der Waals surface area contributed by atoms with Crippen LogP contribution in [0.2, 0.25) is 0 Å². The molecule has 0 atom stereocenters. The van der Waals surface area contributed by atoms with Gasteiger partial charge in [0.05, 0.1) is 17.6 Å². The van der Waals surface area contributed by atoms with Crippen LogP contribution >= 0.6 is 0 Å². The van der Waals surface area contributed by atoms with Crippen molar-refractivity contribution < 1.29 is 0 Å². The van der Waals surface area contributed by atoms with E-state index in [1.807, 2.05) is 30.3 Å². The number of benzene rings is 1. The summed E-state index contributed by atoms with van der Waals surface area (Å²) in [7, 11) is 0. The van der Waals surface area contributed by atoms with Crippen LogP contribution in [0.15, 0.2) is 36.5 Å². The van der Waals surface area contributed by atoms with Crippen molar-refractivity contribution in [1.29, 1.82) is 0 Å². The second-order valence-corrected chi connectivity index (χ2v) is 2.68. The van der Waals surface area contributed by atoms with Gasteiger partial charge in [-0.3, -0.25) is 0 Å². The van der Waals surface area contributed by atoms with Gasteiger partial charge in [-0.25, -0.2) is 4.68 Å². The van der Waals surface area contributed by atoms with Crippen molar-refractivity contribution in [3.8, 4) is 5.69 Å². The Morgan fingerprint density at radius 1 is 1.23 bits per heavy atom. The molecule has 0 unspecified atom stereocenters. The van der Waals surface area contributed by atoms with E-state index in [1.165, 1.54) is 0 Å². The molecule has 0 radical (unpaired) electrons. The van der Waals surface area contributed by atoms with Gasteiger partial charge in [-0.2, -0.15) is 0 Å². The molecule has 0 amide bonds. The summed E-state index contributed by atoms with van der Waals surface area (Å²) in [5.41, 5.74) is 7.43. The van der Waals surface area contributed by atoms with Crippen LogP contribution < -0.4 is 5.73 Å². The van der Waals surface area contributed by atoms with Crippen molar-refractivity contribution in [2.75, 3.05) is 0 Å². The Kier molecular flexibility index (Phi) is 2.06. The molecule has 4 nitrogen and oxygen atoms in total. The number of rotatable bonds is 2. The van der Waals surface area contributed by atoms with E-state index in [2.05, 4.69) is 10.3 Å². The van der Waals surface area contributed by atoms with Gasteiger partial charge < -0.3 is 5.73 Å². The van der Waals surface area contributed by atoms with Crippen LogP contribution in [0.5, 0.6) is 0 Å². The normalized spacial score (nSPS) is 10.2. The Morgan fingerprint density at radius 3 is 2.69 bits per heavy atom. The molecule has 66 valence electrons. The minimum Gasteiger partial charge on any atom is -0.325 e. The largest absolute Gasteiger partial charge is 0.325 e. The SMILES string of the molecule is NCc1cnnn1-c1ccccc1. The van der Waals surface area contributed by atoms with Crippen LogP contribution in [0, 0.1) is 0 Å². The molecule has 2 N–H and O–H groups in total. The maximum Gasteiger partial charge on any atom is 0.0781 e. The molecule has 13 heavy (non-hydrogen) atoms. The number of nitrogens with two attached hydrogens (primary N) is 1. The summed E-state index contributed by atoms with van der Waals surface area (Å²) in [6, 6.07) is 9.80. The third-order valence-corrected chi connectivity index (χ3v) is 1.83. The molecular weight excluding hydrogens is 164 g/mol. The Morgan fingerprint density at radius 2 is 2.00 bits per heavy atom. The first-order chi connectivity index (χ1) is 6.42. The van der Waals surface area contributed by atoms with Gasteiger partial charge in [-0.15, -0.1) is 5.10 Å². The highest BCUT2D eigenvalue weighted by atomic mass is 15.4. The molecule has 0 saturated heterocycles. The van der Waals surface area contributed by atoms with E-state index < -0.39 is 0 Å². The fourth-order valence-corrected chi connectivity index (χ4v) is 1.18. The van der Waals surface area contributed by atoms with Gasteiger partial charge in [0.15, 0.2) is 0 Å². The predicted octanol–water partition coefficient (Wildman–Crippen LogP) is 0.726. The Balaban J connectivity index is 2.47. The zero-order valence-corrected chi connectivity index (χ0v) is 7.09. The summed E-state index contributed by atoms with van der Waals surface area (Å²) in [5.74, 6) is 0. The molecule has 1 aromatic heterocycles. The molecule has 0 spiro atoms. The first-order valence-electron chi connectivity index (χ1n) is 4.07. The Hall–Kier alpha value is -1.68. The van der Waals surface area contributed by atoms with Gasteiger partial charge in [-0.05, 0) is 12.1 Å². The zero-order valence-electron chi connectivity index (χ0n) is 7.09. The van der Waals surface area contributed by atoms with E-state index in [0.29, 0.717) is 6.54 Å². The predicted molar refractivity (Wildman–Crippen MR) is 49.3 cm³/mol. The topological polar surface area (TPSA) is 56.7 Å². The lowest BCUT2D eigenvalue weighted by molar-refractivity contribution is 0.761. The molecule has 1 heterocycles. The summed E-state index contributed by atoms with van der Waals surface area (Å²) >= 11 is 0. The highest BCUT2D eigenvalue weighted by molar-refractivity contribution is 5.31. The third-order valence-electron chi connectivity index (χ3n) is 1.83.